The number of aromatic nitrogens is 4. The fourth-order valence-electron chi connectivity index (χ4n) is 6.55. The predicted molar refractivity (Wildman–Crippen MR) is 173 cm³/mol. The van der Waals surface area contributed by atoms with Crippen LogP contribution in [0.1, 0.15) is 45.2 Å². The minimum Gasteiger partial charge on any atom is -0.457 e. The third kappa shape index (κ3) is 6.06. The standard InChI is InChI=1S/C34H42N8O3/c1-22-5-9-27(10-6-22)44-28-11-7-23(8-12-28)30-29-31(35)36-21-37-32(29)42(38-30)24-13-15-39(16-14-24)25-17-40(18-25)26-19-41(20-26)33(43)45-34(2,3)4/h5-12,21,24-26H,13-20H2,1-4H3,(H2,35,36,37). The molecule has 0 aliphatic carbocycles. The first-order valence-electron chi connectivity index (χ1n) is 15.9. The Morgan fingerprint density at radius 3 is 2.11 bits per heavy atom. The van der Waals surface area contributed by atoms with Crippen molar-refractivity contribution in [2.45, 2.75) is 64.3 Å². The van der Waals surface area contributed by atoms with E-state index in [1.165, 1.54) is 11.9 Å². The number of nitrogens with two attached hydrogens (primary N) is 1. The van der Waals surface area contributed by atoms with Crippen molar-refractivity contribution < 1.29 is 14.3 Å². The summed E-state index contributed by atoms with van der Waals surface area (Å²) in [6.45, 7) is 13.4. The lowest BCUT2D eigenvalue weighted by Crippen LogP contribution is -2.70. The Labute approximate surface area is 263 Å². The molecule has 2 aromatic heterocycles. The summed E-state index contributed by atoms with van der Waals surface area (Å²) in [4.78, 5) is 28.1. The summed E-state index contributed by atoms with van der Waals surface area (Å²) in [5.74, 6) is 2.00. The van der Waals surface area contributed by atoms with Gasteiger partial charge in [-0.3, -0.25) is 9.80 Å². The number of rotatable bonds is 6. The highest BCUT2D eigenvalue weighted by Crippen LogP contribution is 2.36. The number of anilines is 1. The zero-order chi connectivity index (χ0) is 31.3. The van der Waals surface area contributed by atoms with E-state index in [0.717, 1.165) is 85.9 Å². The fraction of sp³-hybridized carbons (Fsp3) is 0.471. The Hall–Kier alpha value is -4.22. The molecule has 7 rings (SSSR count). The molecule has 0 bridgehead atoms. The van der Waals surface area contributed by atoms with Gasteiger partial charge < -0.3 is 20.1 Å². The second-order valence-corrected chi connectivity index (χ2v) is 13.6. The first kappa shape index (κ1) is 29.5. The number of nitrogen functional groups attached to an aromatic ring is 1. The Bertz CT molecular complexity index is 1660. The van der Waals surface area contributed by atoms with E-state index in [4.69, 9.17) is 20.3 Å². The van der Waals surface area contributed by atoms with Crippen molar-refractivity contribution >= 4 is 22.9 Å². The molecule has 0 radical (unpaired) electrons. The third-order valence-corrected chi connectivity index (χ3v) is 9.18. The van der Waals surface area contributed by atoms with Crippen molar-refractivity contribution in [2.75, 3.05) is 45.0 Å². The number of carbonyl (C=O) groups is 1. The van der Waals surface area contributed by atoms with E-state index in [2.05, 4.69) is 31.4 Å². The van der Waals surface area contributed by atoms with Crippen LogP contribution < -0.4 is 10.5 Å². The summed E-state index contributed by atoms with van der Waals surface area (Å²) in [6.07, 6.45) is 3.31. The van der Waals surface area contributed by atoms with E-state index < -0.39 is 5.60 Å². The second-order valence-electron chi connectivity index (χ2n) is 13.6. The first-order chi connectivity index (χ1) is 21.6. The summed E-state index contributed by atoms with van der Waals surface area (Å²) < 4.78 is 13.6. The van der Waals surface area contributed by atoms with E-state index in [0.29, 0.717) is 17.9 Å². The molecular weight excluding hydrogens is 568 g/mol. The number of ether oxygens (including phenoxy) is 2. The van der Waals surface area contributed by atoms with E-state index in [1.54, 1.807) is 4.90 Å². The van der Waals surface area contributed by atoms with Crippen molar-refractivity contribution in [2.24, 2.45) is 0 Å². The topological polar surface area (TPSA) is 115 Å². The van der Waals surface area contributed by atoms with Gasteiger partial charge in [-0.15, -0.1) is 0 Å². The van der Waals surface area contributed by atoms with Gasteiger partial charge in [0.15, 0.2) is 5.65 Å². The summed E-state index contributed by atoms with van der Waals surface area (Å²) in [5, 5.41) is 5.89. The number of aryl methyl sites for hydroxylation is 1. The molecule has 2 aromatic carbocycles. The second kappa shape index (κ2) is 11.6. The third-order valence-electron chi connectivity index (χ3n) is 9.18. The summed E-state index contributed by atoms with van der Waals surface area (Å²) in [5.41, 5.74) is 9.67. The van der Waals surface area contributed by atoms with Gasteiger partial charge in [0.2, 0.25) is 0 Å². The number of piperidine rings is 1. The number of likely N-dealkylation sites (tertiary alicyclic amines) is 3. The molecule has 3 aliphatic rings. The molecule has 3 saturated heterocycles. The maximum absolute atomic E-state index is 12.3. The van der Waals surface area contributed by atoms with Gasteiger partial charge in [-0.2, -0.15) is 5.10 Å². The molecule has 3 fully saturated rings. The van der Waals surface area contributed by atoms with Gasteiger partial charge >= 0.3 is 6.09 Å². The van der Waals surface area contributed by atoms with Gasteiger partial charge in [-0.25, -0.2) is 19.4 Å². The van der Waals surface area contributed by atoms with Crippen molar-refractivity contribution in [1.29, 1.82) is 0 Å². The Morgan fingerprint density at radius 2 is 1.47 bits per heavy atom. The molecule has 45 heavy (non-hydrogen) atoms. The molecule has 3 aliphatic heterocycles. The largest absolute Gasteiger partial charge is 0.457 e. The van der Waals surface area contributed by atoms with E-state index in [-0.39, 0.29) is 12.1 Å². The summed E-state index contributed by atoms with van der Waals surface area (Å²) >= 11 is 0. The van der Waals surface area contributed by atoms with Gasteiger partial charge in [0.25, 0.3) is 0 Å². The van der Waals surface area contributed by atoms with Crippen LogP contribution in [0.25, 0.3) is 22.3 Å². The molecule has 0 unspecified atom stereocenters. The highest BCUT2D eigenvalue weighted by molar-refractivity contribution is 5.98. The number of benzene rings is 2. The normalized spacial score (nSPS) is 19.0. The molecule has 4 aromatic rings. The van der Waals surface area contributed by atoms with Crippen molar-refractivity contribution in [3.63, 3.8) is 0 Å². The van der Waals surface area contributed by atoms with Crippen molar-refractivity contribution in [1.82, 2.24) is 34.4 Å². The predicted octanol–water partition coefficient (Wildman–Crippen LogP) is 5.12. The molecule has 11 heteroatoms. The van der Waals surface area contributed by atoms with Crippen LogP contribution in [0.2, 0.25) is 0 Å². The van der Waals surface area contributed by atoms with Crippen LogP contribution in [0.15, 0.2) is 54.9 Å². The Kier molecular flexibility index (Phi) is 7.61. The van der Waals surface area contributed by atoms with Gasteiger partial charge in [0.05, 0.1) is 11.4 Å². The summed E-state index contributed by atoms with van der Waals surface area (Å²) in [7, 11) is 0. The molecular formula is C34H42N8O3. The molecule has 2 N–H and O–H groups in total. The zero-order valence-corrected chi connectivity index (χ0v) is 26.5. The van der Waals surface area contributed by atoms with E-state index in [9.17, 15) is 4.79 Å². The quantitative estimate of drug-likeness (QED) is 0.318. The summed E-state index contributed by atoms with van der Waals surface area (Å²) in [6, 6.07) is 17.2. The number of nitrogens with zero attached hydrogens (tertiary/aromatic N) is 7. The minimum absolute atomic E-state index is 0.205. The Morgan fingerprint density at radius 1 is 0.844 bits per heavy atom. The molecule has 0 spiro atoms. The molecule has 236 valence electrons. The number of carbonyl (C=O) groups excluding carboxylic acids is 1. The van der Waals surface area contributed by atoms with Crippen molar-refractivity contribution in [3.05, 3.63) is 60.4 Å². The average molecular weight is 611 g/mol. The monoisotopic (exact) mass is 610 g/mol. The van der Waals surface area contributed by atoms with Crippen LogP contribution in [-0.4, -0.2) is 97.5 Å². The smallest absolute Gasteiger partial charge is 0.410 e. The minimum atomic E-state index is -0.456. The van der Waals surface area contributed by atoms with E-state index in [1.807, 2.05) is 69.3 Å². The molecule has 0 saturated carbocycles. The molecule has 0 atom stereocenters. The lowest BCUT2D eigenvalue weighted by atomic mass is 9.96. The van der Waals surface area contributed by atoms with Crippen LogP contribution in [0.4, 0.5) is 10.6 Å². The number of hydrogen-bond acceptors (Lipinski definition) is 9. The lowest BCUT2D eigenvalue weighted by Gasteiger charge is -2.54. The van der Waals surface area contributed by atoms with Crippen molar-refractivity contribution in [3.8, 4) is 22.8 Å². The van der Waals surface area contributed by atoms with Crippen LogP contribution in [0.3, 0.4) is 0 Å². The average Bonchev–Trinajstić information content (AvgIpc) is 3.35. The van der Waals surface area contributed by atoms with Crippen LogP contribution in [0, 0.1) is 6.92 Å². The van der Waals surface area contributed by atoms with E-state index >= 15 is 0 Å². The van der Waals surface area contributed by atoms with Crippen LogP contribution in [-0.2, 0) is 4.74 Å². The van der Waals surface area contributed by atoms with Gasteiger partial charge in [0.1, 0.15) is 34.9 Å². The zero-order valence-electron chi connectivity index (χ0n) is 26.5. The van der Waals surface area contributed by atoms with Gasteiger partial charge in [-0.1, -0.05) is 17.7 Å². The van der Waals surface area contributed by atoms with Crippen LogP contribution >= 0.6 is 0 Å². The first-order valence-corrected chi connectivity index (χ1v) is 15.9. The highest BCUT2D eigenvalue weighted by Gasteiger charge is 2.44. The lowest BCUT2D eigenvalue weighted by molar-refractivity contribution is -0.0623. The van der Waals surface area contributed by atoms with Gasteiger partial charge in [0, 0.05) is 56.9 Å². The maximum atomic E-state index is 12.3. The van der Waals surface area contributed by atoms with Gasteiger partial charge in [-0.05, 0) is 76.9 Å². The number of hydrogen-bond donors (Lipinski definition) is 1. The Balaban J connectivity index is 0.971. The highest BCUT2D eigenvalue weighted by atomic mass is 16.6. The SMILES string of the molecule is Cc1ccc(Oc2ccc(-c3nn(C4CCN(C5CN(C6CN(C(=O)OC(C)(C)C)C6)C5)CC4)c4ncnc(N)c34)cc2)cc1. The molecule has 1 amide bonds. The fourth-order valence-corrected chi connectivity index (χ4v) is 6.55. The molecule has 5 heterocycles. The number of fused-ring (bicyclic) bond motifs is 1. The van der Waals surface area contributed by atoms with Crippen LogP contribution in [0.5, 0.6) is 11.5 Å². The number of amides is 1. The maximum Gasteiger partial charge on any atom is 0.410 e. The molecule has 11 nitrogen and oxygen atoms in total.